The molecule has 0 aromatic heterocycles. The first-order valence-electron chi connectivity index (χ1n) is 4.47. The third kappa shape index (κ3) is 3.20. The molecule has 1 atom stereocenters. The molecule has 0 saturated carbocycles. The van der Waals surface area contributed by atoms with Crippen LogP contribution in [-0.4, -0.2) is 13.7 Å². The minimum Gasteiger partial charge on any atom is -0.383 e. The van der Waals surface area contributed by atoms with Gasteiger partial charge in [0.1, 0.15) is 0 Å². The van der Waals surface area contributed by atoms with Crippen molar-refractivity contribution < 1.29 is 17.9 Å². The van der Waals surface area contributed by atoms with Gasteiger partial charge in [-0.1, -0.05) is 22.0 Å². The molecule has 1 aromatic rings. The summed E-state index contributed by atoms with van der Waals surface area (Å²) in [6, 6.07) is 3.12. The lowest BCUT2D eigenvalue weighted by molar-refractivity contribution is -0.138. The van der Waals surface area contributed by atoms with E-state index >= 15 is 0 Å². The summed E-state index contributed by atoms with van der Waals surface area (Å²) < 4.78 is 43.3. The number of hydrogen-bond acceptors (Lipinski definition) is 2. The van der Waals surface area contributed by atoms with Crippen LogP contribution in [0.4, 0.5) is 13.2 Å². The number of methoxy groups -OCH3 is 1. The molecule has 0 aliphatic heterocycles. The fourth-order valence-electron chi connectivity index (χ4n) is 1.37. The molecule has 0 radical (unpaired) electrons. The van der Waals surface area contributed by atoms with Crippen molar-refractivity contribution in [1.82, 2.24) is 0 Å². The zero-order chi connectivity index (χ0) is 12.3. The van der Waals surface area contributed by atoms with E-state index in [9.17, 15) is 13.2 Å². The van der Waals surface area contributed by atoms with Crippen LogP contribution in [0.25, 0.3) is 0 Å². The first-order chi connectivity index (χ1) is 7.36. The van der Waals surface area contributed by atoms with Crippen molar-refractivity contribution in [3.63, 3.8) is 0 Å². The summed E-state index contributed by atoms with van der Waals surface area (Å²) in [6.07, 6.45) is -4.41. The van der Waals surface area contributed by atoms with Crippen molar-refractivity contribution in [3.05, 3.63) is 33.8 Å². The van der Waals surface area contributed by atoms with Gasteiger partial charge in [-0.05, 0) is 17.7 Å². The van der Waals surface area contributed by atoms with Crippen molar-refractivity contribution in [2.75, 3.05) is 13.7 Å². The minimum atomic E-state index is -4.41. The van der Waals surface area contributed by atoms with E-state index in [-0.39, 0.29) is 12.2 Å². The van der Waals surface area contributed by atoms with Crippen molar-refractivity contribution in [1.29, 1.82) is 0 Å². The quantitative estimate of drug-likeness (QED) is 0.930. The first-order valence-corrected chi connectivity index (χ1v) is 5.26. The van der Waals surface area contributed by atoms with Crippen molar-refractivity contribution in [3.8, 4) is 0 Å². The Hall–Kier alpha value is -0.590. The molecule has 0 amide bonds. The van der Waals surface area contributed by atoms with Crippen LogP contribution in [0.5, 0.6) is 0 Å². The van der Waals surface area contributed by atoms with E-state index in [1.165, 1.54) is 19.2 Å². The highest BCUT2D eigenvalue weighted by Gasteiger charge is 2.34. The average Bonchev–Trinajstić information content (AvgIpc) is 2.16. The molecule has 1 aromatic carbocycles. The van der Waals surface area contributed by atoms with Crippen LogP contribution in [0, 0.1) is 0 Å². The Bertz CT molecular complexity index is 368. The Morgan fingerprint density at radius 1 is 1.44 bits per heavy atom. The third-order valence-electron chi connectivity index (χ3n) is 2.07. The molecule has 16 heavy (non-hydrogen) atoms. The summed E-state index contributed by atoms with van der Waals surface area (Å²) in [5, 5.41) is 0. The van der Waals surface area contributed by atoms with Gasteiger partial charge in [0.2, 0.25) is 0 Å². The van der Waals surface area contributed by atoms with E-state index in [0.717, 1.165) is 6.07 Å². The second-order valence-electron chi connectivity index (χ2n) is 3.29. The Kier molecular flexibility index (Phi) is 4.35. The molecular weight excluding hydrogens is 287 g/mol. The lowest BCUT2D eigenvalue weighted by atomic mass is 10.0. The van der Waals surface area contributed by atoms with Crippen LogP contribution in [0.1, 0.15) is 17.2 Å². The highest BCUT2D eigenvalue weighted by atomic mass is 79.9. The van der Waals surface area contributed by atoms with Gasteiger partial charge in [0.05, 0.1) is 18.2 Å². The van der Waals surface area contributed by atoms with Gasteiger partial charge in [0.25, 0.3) is 0 Å². The number of halogens is 4. The Morgan fingerprint density at radius 2 is 2.06 bits per heavy atom. The summed E-state index contributed by atoms with van der Waals surface area (Å²) in [5.41, 5.74) is 4.92. The maximum atomic E-state index is 12.7. The van der Waals surface area contributed by atoms with Crippen LogP contribution < -0.4 is 5.73 Å². The van der Waals surface area contributed by atoms with Gasteiger partial charge in [0.15, 0.2) is 0 Å². The number of ether oxygens (including phenoxy) is 1. The standard InChI is InChI=1S/C10H11BrF3NO/c1-16-5-9(15)7-3-2-6(11)4-8(7)10(12,13)14/h2-4,9H,5,15H2,1H3. The summed E-state index contributed by atoms with van der Waals surface area (Å²) in [7, 11) is 1.39. The second kappa shape index (κ2) is 5.16. The molecule has 90 valence electrons. The summed E-state index contributed by atoms with van der Waals surface area (Å²) in [6.45, 7) is 0.0463. The Balaban J connectivity index is 3.18. The number of nitrogens with two attached hydrogens (primary N) is 1. The van der Waals surface area contributed by atoms with Gasteiger partial charge in [-0.25, -0.2) is 0 Å². The number of rotatable bonds is 3. The highest BCUT2D eigenvalue weighted by Crippen LogP contribution is 2.35. The van der Waals surface area contributed by atoms with E-state index in [1.54, 1.807) is 0 Å². The average molecular weight is 298 g/mol. The number of benzene rings is 1. The fourth-order valence-corrected chi connectivity index (χ4v) is 1.73. The van der Waals surface area contributed by atoms with Gasteiger partial charge in [-0.3, -0.25) is 0 Å². The molecule has 0 spiro atoms. The van der Waals surface area contributed by atoms with Gasteiger partial charge < -0.3 is 10.5 Å². The molecule has 1 rings (SSSR count). The summed E-state index contributed by atoms with van der Waals surface area (Å²) in [5.74, 6) is 0. The Labute approximate surface area is 99.7 Å². The smallest absolute Gasteiger partial charge is 0.383 e. The normalized spacial score (nSPS) is 13.9. The largest absolute Gasteiger partial charge is 0.416 e. The predicted molar refractivity (Wildman–Crippen MR) is 57.9 cm³/mol. The summed E-state index contributed by atoms with van der Waals surface area (Å²) in [4.78, 5) is 0. The fraction of sp³-hybridized carbons (Fsp3) is 0.400. The predicted octanol–water partition coefficient (Wildman–Crippen LogP) is 3.11. The third-order valence-corrected chi connectivity index (χ3v) is 2.56. The van der Waals surface area contributed by atoms with Crippen LogP contribution in [0.3, 0.4) is 0 Å². The molecule has 0 aliphatic carbocycles. The molecule has 0 saturated heterocycles. The monoisotopic (exact) mass is 297 g/mol. The number of alkyl halides is 3. The molecule has 6 heteroatoms. The second-order valence-corrected chi connectivity index (χ2v) is 4.21. The first kappa shape index (κ1) is 13.5. The van der Waals surface area contributed by atoms with Gasteiger partial charge in [-0.15, -0.1) is 0 Å². The zero-order valence-electron chi connectivity index (χ0n) is 8.51. The molecule has 1 unspecified atom stereocenters. The van der Waals surface area contributed by atoms with E-state index in [2.05, 4.69) is 15.9 Å². The van der Waals surface area contributed by atoms with E-state index in [1.807, 2.05) is 0 Å². The SMILES string of the molecule is COCC(N)c1ccc(Br)cc1C(F)(F)F. The van der Waals surface area contributed by atoms with E-state index < -0.39 is 17.8 Å². The molecule has 2 nitrogen and oxygen atoms in total. The van der Waals surface area contributed by atoms with E-state index in [4.69, 9.17) is 10.5 Å². The maximum absolute atomic E-state index is 12.7. The Morgan fingerprint density at radius 3 is 2.56 bits per heavy atom. The molecule has 0 aliphatic rings. The van der Waals surface area contributed by atoms with Crippen LogP contribution in [-0.2, 0) is 10.9 Å². The lowest BCUT2D eigenvalue weighted by Crippen LogP contribution is -2.21. The topological polar surface area (TPSA) is 35.2 Å². The van der Waals surface area contributed by atoms with Crippen LogP contribution >= 0.6 is 15.9 Å². The molecule has 0 fully saturated rings. The number of hydrogen-bond donors (Lipinski definition) is 1. The van der Waals surface area contributed by atoms with Crippen molar-refractivity contribution >= 4 is 15.9 Å². The minimum absolute atomic E-state index is 0.0394. The van der Waals surface area contributed by atoms with Crippen molar-refractivity contribution in [2.24, 2.45) is 5.73 Å². The summed E-state index contributed by atoms with van der Waals surface area (Å²) >= 11 is 3.00. The molecule has 0 heterocycles. The van der Waals surface area contributed by atoms with Crippen LogP contribution in [0.2, 0.25) is 0 Å². The highest BCUT2D eigenvalue weighted by molar-refractivity contribution is 9.10. The van der Waals surface area contributed by atoms with Gasteiger partial charge >= 0.3 is 6.18 Å². The maximum Gasteiger partial charge on any atom is 0.416 e. The lowest BCUT2D eigenvalue weighted by Gasteiger charge is -2.18. The zero-order valence-corrected chi connectivity index (χ0v) is 10.1. The molecule has 2 N–H and O–H groups in total. The van der Waals surface area contributed by atoms with Crippen molar-refractivity contribution in [2.45, 2.75) is 12.2 Å². The van der Waals surface area contributed by atoms with Crippen LogP contribution in [0.15, 0.2) is 22.7 Å². The molecular formula is C10H11BrF3NO. The van der Waals surface area contributed by atoms with Gasteiger partial charge in [0, 0.05) is 11.6 Å². The van der Waals surface area contributed by atoms with E-state index in [0.29, 0.717) is 4.47 Å². The van der Waals surface area contributed by atoms with Gasteiger partial charge in [-0.2, -0.15) is 13.2 Å². The molecule has 0 bridgehead atoms.